The van der Waals surface area contributed by atoms with Crippen LogP contribution in [0.4, 0.5) is 9.59 Å². The van der Waals surface area contributed by atoms with Crippen LogP contribution in [-0.4, -0.2) is 122 Å². The molecule has 3 aliphatic rings. The predicted octanol–water partition coefficient (Wildman–Crippen LogP) is 8.78. The van der Waals surface area contributed by atoms with Crippen LogP contribution in [-0.2, 0) is 41.4 Å². The average molecular weight is 1010 g/mol. The Balaban J connectivity index is 1.11. The molecule has 4 aromatic rings. The minimum Gasteiger partial charge on any atom is -0.453 e. The largest absolute Gasteiger partial charge is 0.453 e. The molecule has 0 radical (unpaired) electrons. The highest BCUT2D eigenvalue weighted by Gasteiger charge is 2.59. The number of terminal acetylenes is 2. The first-order chi connectivity index (χ1) is 35.4. The highest BCUT2D eigenvalue weighted by Crippen LogP contribution is 2.42. The first-order valence-corrected chi connectivity index (χ1v) is 25.8. The van der Waals surface area contributed by atoms with Gasteiger partial charge in [-0.25, -0.2) is 19.6 Å². The summed E-state index contributed by atoms with van der Waals surface area (Å²) in [7, 11) is 2.52. The second-order valence-corrected chi connectivity index (χ2v) is 20.2. The maximum absolute atomic E-state index is 15.0. The second-order valence-electron chi connectivity index (χ2n) is 20.2. The van der Waals surface area contributed by atoms with Crippen LogP contribution in [0, 0.1) is 37.2 Å². The van der Waals surface area contributed by atoms with E-state index in [4.69, 9.17) is 48.3 Å². The number of amides is 4. The van der Waals surface area contributed by atoms with Crippen molar-refractivity contribution in [2.45, 2.75) is 173 Å². The number of nitrogens with zero attached hydrogens (tertiary/aromatic N) is 5. The lowest BCUT2D eigenvalue weighted by Crippen LogP contribution is -2.63. The fourth-order valence-electron chi connectivity index (χ4n) is 11.5. The molecule has 10 atom stereocenters. The van der Waals surface area contributed by atoms with Crippen LogP contribution < -0.4 is 10.6 Å². The van der Waals surface area contributed by atoms with Crippen molar-refractivity contribution < 1.29 is 38.1 Å². The third kappa shape index (κ3) is 11.2. The average Bonchev–Trinajstić information content (AvgIpc) is 4.09. The van der Waals surface area contributed by atoms with Crippen LogP contribution in [0.2, 0.25) is 0 Å². The number of H-pyrrole nitrogens is 2. The molecule has 17 nitrogen and oxygen atoms in total. The molecule has 4 N–H and O–H groups in total. The van der Waals surface area contributed by atoms with Gasteiger partial charge in [0.05, 0.1) is 99.4 Å². The number of aromatic nitrogens is 4. The van der Waals surface area contributed by atoms with E-state index in [0.717, 1.165) is 46.5 Å². The summed E-state index contributed by atoms with van der Waals surface area (Å²) in [5, 5.41) is 5.59. The fourth-order valence-corrected chi connectivity index (χ4v) is 11.5. The SMILES string of the molecule is C#CC(CC)N(C(=O)C(NC(=O)OC)C1CC(C)OC(C)C1)C(C)c1ncc(-c2ccc(-c3ccc(-c4cnc(C(C)N(C(=O)C(NC(=O)OC)C5([N+]#C)CC(C)OC(C)C5)C(C#C)CC)[nH]4)c4c3CC4)cc2)[nH]1. The van der Waals surface area contributed by atoms with E-state index in [0.29, 0.717) is 50.2 Å². The molecule has 7 rings (SSSR count). The number of imidazole rings is 2. The van der Waals surface area contributed by atoms with Crippen molar-refractivity contribution in [2.24, 2.45) is 5.92 Å². The Labute approximate surface area is 435 Å². The number of carbonyl (C=O) groups excluding carboxylic acids is 4. The molecule has 0 saturated carbocycles. The number of rotatable bonds is 17. The molecule has 74 heavy (non-hydrogen) atoms. The lowest BCUT2D eigenvalue weighted by Gasteiger charge is -2.40. The number of nitrogens with one attached hydrogen (secondary N) is 4. The number of alkyl carbamates (subject to hydrolysis) is 2. The van der Waals surface area contributed by atoms with Crippen LogP contribution in [0.15, 0.2) is 48.8 Å². The Morgan fingerprint density at radius 2 is 1.20 bits per heavy atom. The minimum absolute atomic E-state index is 0.0918. The van der Waals surface area contributed by atoms with Crippen LogP contribution in [0.5, 0.6) is 0 Å². The van der Waals surface area contributed by atoms with E-state index in [1.165, 1.54) is 25.3 Å². The van der Waals surface area contributed by atoms with Crippen LogP contribution >= 0.6 is 0 Å². The Morgan fingerprint density at radius 1 is 0.730 bits per heavy atom. The van der Waals surface area contributed by atoms with Crippen molar-refractivity contribution >= 4 is 24.0 Å². The monoisotopic (exact) mass is 1010 g/mol. The fraction of sp³-hybridized carbons (Fsp3) is 0.526. The Kier molecular flexibility index (Phi) is 17.3. The predicted molar refractivity (Wildman–Crippen MR) is 282 cm³/mol. The summed E-state index contributed by atoms with van der Waals surface area (Å²) in [6, 6.07) is 8.01. The summed E-state index contributed by atoms with van der Waals surface area (Å²) in [6.45, 7) is 21.4. The van der Waals surface area contributed by atoms with Crippen molar-refractivity contribution in [3.8, 4) is 64.9 Å². The van der Waals surface area contributed by atoms with Gasteiger partial charge in [-0.3, -0.25) is 9.59 Å². The molecule has 10 unspecified atom stereocenters. The molecule has 2 aromatic carbocycles. The van der Waals surface area contributed by atoms with Crippen molar-refractivity contribution in [3.05, 3.63) is 76.4 Å². The van der Waals surface area contributed by atoms with Gasteiger partial charge in [0.25, 0.3) is 12.5 Å². The van der Waals surface area contributed by atoms with E-state index in [2.05, 4.69) is 61.6 Å². The molecule has 17 heteroatoms. The van der Waals surface area contributed by atoms with Gasteiger partial charge in [-0.05, 0) is 114 Å². The third-order valence-corrected chi connectivity index (χ3v) is 15.2. The van der Waals surface area contributed by atoms with Gasteiger partial charge < -0.3 is 49.3 Å². The first kappa shape index (κ1) is 54.6. The van der Waals surface area contributed by atoms with Crippen molar-refractivity contribution in [1.82, 2.24) is 40.4 Å². The Bertz CT molecular complexity index is 2780. The molecule has 2 saturated heterocycles. The minimum atomic E-state index is -1.20. The smallest absolute Gasteiger partial charge is 0.407 e. The van der Waals surface area contributed by atoms with Gasteiger partial charge in [0.1, 0.15) is 17.7 Å². The van der Waals surface area contributed by atoms with Gasteiger partial charge in [-0.2, -0.15) is 0 Å². The summed E-state index contributed by atoms with van der Waals surface area (Å²) in [5.74, 6) is 5.72. The Hall–Kier alpha value is -7.13. The summed E-state index contributed by atoms with van der Waals surface area (Å²) in [6.07, 6.45) is 17.9. The van der Waals surface area contributed by atoms with Gasteiger partial charge in [0, 0.05) is 5.56 Å². The first-order valence-electron chi connectivity index (χ1n) is 25.8. The van der Waals surface area contributed by atoms with Crippen molar-refractivity contribution in [1.29, 1.82) is 0 Å². The van der Waals surface area contributed by atoms with E-state index >= 15 is 0 Å². The number of fused-ring (bicyclic) bond motifs is 1. The maximum atomic E-state index is 15.0. The molecular formula is C57H72N9O8+. The summed E-state index contributed by atoms with van der Waals surface area (Å²) in [4.78, 5) is 79.2. The highest BCUT2D eigenvalue weighted by molar-refractivity contribution is 5.89. The maximum Gasteiger partial charge on any atom is 0.407 e. The molecule has 4 amide bonds. The highest BCUT2D eigenvalue weighted by atomic mass is 16.5. The lowest BCUT2D eigenvalue weighted by atomic mass is 9.77. The number of methoxy groups -OCH3 is 2. The molecule has 1 aliphatic carbocycles. The summed E-state index contributed by atoms with van der Waals surface area (Å²) < 4.78 is 21.9. The van der Waals surface area contributed by atoms with Crippen molar-refractivity contribution in [3.63, 3.8) is 0 Å². The lowest BCUT2D eigenvalue weighted by molar-refractivity contribution is -0.142. The molecule has 4 heterocycles. The number of hydrogen-bond acceptors (Lipinski definition) is 10. The number of carbonyl (C=O) groups is 4. The molecule has 2 fully saturated rings. The topological polar surface area (TPSA) is 197 Å². The molecule has 2 aromatic heterocycles. The van der Waals surface area contributed by atoms with Crippen molar-refractivity contribution in [2.75, 3.05) is 14.2 Å². The molecular weight excluding hydrogens is 939 g/mol. The summed E-state index contributed by atoms with van der Waals surface area (Å²) in [5.41, 5.74) is 6.94. The van der Waals surface area contributed by atoms with E-state index in [-0.39, 0.29) is 36.2 Å². The van der Waals surface area contributed by atoms with Gasteiger partial charge in [-0.15, -0.1) is 12.8 Å². The standard InChI is InChI=1S/C57H71N9O8/c1-14-41(15-2)65(53(67)49(63-55(69)71-12)40-26-32(5)73-33(6)27-40)36(9)51-59-30-47(61-51)39-20-18-38(19-21-39)43-22-25-46(45-24-23-44(43)45)48-31-60-52(62-48)37(10)66(42(16-3)17-4)54(68)50(64-56(70)72-13)57(58-11)28-34(7)74-35(8)29-57/h1,3,11,18-22,25,30-37,40-42,49-50H,15,17,23-24,26-29H2,2,4-10,12-13H3,(H3-,59,60,61,62,63,64,69,70)/p+1. The Morgan fingerprint density at radius 3 is 1.72 bits per heavy atom. The quantitative estimate of drug-likeness (QED) is 0.0742. The number of hydrogen-bond donors (Lipinski definition) is 4. The van der Waals surface area contributed by atoms with E-state index in [9.17, 15) is 19.2 Å². The number of benzene rings is 2. The number of aromatic amines is 2. The zero-order valence-corrected chi connectivity index (χ0v) is 44.4. The summed E-state index contributed by atoms with van der Waals surface area (Å²) >= 11 is 0. The molecule has 392 valence electrons. The van der Waals surface area contributed by atoms with Gasteiger partial charge in [0.15, 0.2) is 6.04 Å². The number of ether oxygens (including phenoxy) is 4. The molecule has 2 aliphatic heterocycles. The zero-order chi connectivity index (χ0) is 53.6. The van der Waals surface area contributed by atoms with Crippen LogP contribution in [0.3, 0.4) is 0 Å². The normalized spacial score (nSPS) is 23.5. The van der Waals surface area contributed by atoms with Crippen LogP contribution in [0.25, 0.3) is 38.5 Å². The molecule has 0 bridgehead atoms. The molecule has 0 spiro atoms. The van der Waals surface area contributed by atoms with Gasteiger partial charge in [0.2, 0.25) is 5.91 Å². The van der Waals surface area contributed by atoms with E-state index in [1.54, 1.807) is 22.2 Å². The van der Waals surface area contributed by atoms with Crippen LogP contribution in [0.1, 0.15) is 129 Å². The van der Waals surface area contributed by atoms with Gasteiger partial charge in [-0.1, -0.05) is 66.9 Å². The zero-order valence-electron chi connectivity index (χ0n) is 44.4. The van der Waals surface area contributed by atoms with E-state index < -0.39 is 59.9 Å². The van der Waals surface area contributed by atoms with Gasteiger partial charge >= 0.3 is 17.7 Å². The third-order valence-electron chi connectivity index (χ3n) is 15.2. The van der Waals surface area contributed by atoms with E-state index in [1.807, 2.05) is 67.5 Å². The second kappa shape index (κ2) is 23.4.